The number of hydrogen-bond donors (Lipinski definition) is 1. The highest BCUT2D eigenvalue weighted by molar-refractivity contribution is 7.89. The van der Waals surface area contributed by atoms with Gasteiger partial charge in [-0.3, -0.25) is 0 Å². The van der Waals surface area contributed by atoms with E-state index in [2.05, 4.69) is 9.88 Å². The number of nitrogens with zero attached hydrogens (tertiary/aromatic N) is 1. The van der Waals surface area contributed by atoms with Gasteiger partial charge in [0.2, 0.25) is 15.8 Å². The molecule has 10 heteroatoms. The van der Waals surface area contributed by atoms with Crippen LogP contribution in [0.5, 0.6) is 0 Å². The molecule has 0 atom stereocenters. The molecule has 3 aromatic rings. The van der Waals surface area contributed by atoms with E-state index in [0.29, 0.717) is 11.5 Å². The summed E-state index contributed by atoms with van der Waals surface area (Å²) in [5, 5.41) is 3.72. The molecule has 1 N–H and O–H groups in total. The van der Waals surface area contributed by atoms with Crippen LogP contribution in [0.3, 0.4) is 0 Å². The van der Waals surface area contributed by atoms with Crippen LogP contribution in [0.4, 0.5) is 4.39 Å². The van der Waals surface area contributed by atoms with Gasteiger partial charge < -0.3 is 13.7 Å². The van der Waals surface area contributed by atoms with Gasteiger partial charge in [0.05, 0.1) is 16.7 Å². The Kier molecular flexibility index (Phi) is 4.87. The number of carbonyl (C=O) groups excluding carboxylic acids is 1. The van der Waals surface area contributed by atoms with E-state index >= 15 is 0 Å². The summed E-state index contributed by atoms with van der Waals surface area (Å²) in [6.07, 6.45) is 1.46. The lowest BCUT2D eigenvalue weighted by Gasteiger charge is -2.07. The minimum atomic E-state index is -3.82. The maximum Gasteiger partial charge on any atom is 0.341 e. The maximum atomic E-state index is 13.9. The van der Waals surface area contributed by atoms with Gasteiger partial charge in [-0.2, -0.15) is 0 Å². The molecule has 0 radical (unpaired) electrons. The van der Waals surface area contributed by atoms with Crippen molar-refractivity contribution in [1.29, 1.82) is 0 Å². The highest BCUT2D eigenvalue weighted by Crippen LogP contribution is 2.21. The van der Waals surface area contributed by atoms with Crippen molar-refractivity contribution in [2.45, 2.75) is 11.5 Å². The zero-order chi connectivity index (χ0) is 18.7. The van der Waals surface area contributed by atoms with Crippen LogP contribution in [-0.4, -0.2) is 26.6 Å². The van der Waals surface area contributed by atoms with Crippen molar-refractivity contribution in [3.05, 3.63) is 59.7 Å². The minimum Gasteiger partial charge on any atom is -0.461 e. The highest BCUT2D eigenvalue weighted by atomic mass is 32.2. The number of ether oxygens (including phenoxy) is 1. The van der Waals surface area contributed by atoms with Gasteiger partial charge in [-0.25, -0.2) is 22.3 Å². The Morgan fingerprint density at radius 3 is 2.77 bits per heavy atom. The first-order valence-corrected chi connectivity index (χ1v) is 8.79. The predicted octanol–water partition coefficient (Wildman–Crippen LogP) is 2.34. The Labute approximate surface area is 147 Å². The van der Waals surface area contributed by atoms with Gasteiger partial charge >= 0.3 is 5.97 Å². The Hall–Kier alpha value is -2.98. The first-order chi connectivity index (χ1) is 12.4. The SMILES string of the molecule is CNS(=O)(=O)c1ccc(F)c(C(=O)OCc2cc(-c3ccco3)on2)c1. The summed E-state index contributed by atoms with van der Waals surface area (Å²) in [4.78, 5) is 11.8. The van der Waals surface area contributed by atoms with Crippen LogP contribution in [0.15, 0.2) is 56.5 Å². The number of carbonyl (C=O) groups is 1. The lowest BCUT2D eigenvalue weighted by atomic mass is 10.2. The summed E-state index contributed by atoms with van der Waals surface area (Å²) in [6, 6.07) is 7.67. The molecule has 26 heavy (non-hydrogen) atoms. The third-order valence-electron chi connectivity index (χ3n) is 3.41. The Balaban J connectivity index is 1.73. The zero-order valence-electron chi connectivity index (χ0n) is 13.4. The van der Waals surface area contributed by atoms with E-state index in [4.69, 9.17) is 13.7 Å². The molecule has 0 aliphatic rings. The van der Waals surface area contributed by atoms with Gasteiger partial charge in [-0.1, -0.05) is 5.16 Å². The molecular formula is C16H13FN2O6S. The molecule has 0 saturated heterocycles. The standard InChI is InChI=1S/C16H13FN2O6S/c1-18-26(21,22)11-4-5-13(17)12(8-11)16(20)24-9-10-7-15(25-19-10)14-3-2-6-23-14/h2-8,18H,9H2,1H3. The number of furan rings is 1. The number of aromatic nitrogens is 1. The molecule has 0 saturated carbocycles. The van der Waals surface area contributed by atoms with Crippen molar-refractivity contribution >= 4 is 16.0 Å². The van der Waals surface area contributed by atoms with Crippen LogP contribution < -0.4 is 4.72 Å². The molecule has 136 valence electrons. The van der Waals surface area contributed by atoms with E-state index in [-0.39, 0.29) is 17.2 Å². The molecule has 1 aromatic carbocycles. The number of hydrogen-bond acceptors (Lipinski definition) is 7. The van der Waals surface area contributed by atoms with Gasteiger partial charge in [0, 0.05) is 6.07 Å². The number of nitrogens with one attached hydrogen (secondary N) is 1. The van der Waals surface area contributed by atoms with Crippen molar-refractivity contribution in [3.63, 3.8) is 0 Å². The first-order valence-electron chi connectivity index (χ1n) is 7.30. The summed E-state index contributed by atoms with van der Waals surface area (Å²) in [5.74, 6) is -1.14. The molecule has 0 spiro atoms. The molecule has 0 aliphatic carbocycles. The zero-order valence-corrected chi connectivity index (χ0v) is 14.2. The largest absolute Gasteiger partial charge is 0.461 e. The van der Waals surface area contributed by atoms with Crippen LogP contribution in [0, 0.1) is 5.82 Å². The highest BCUT2D eigenvalue weighted by Gasteiger charge is 2.20. The average molecular weight is 380 g/mol. The van der Waals surface area contributed by atoms with Crippen LogP contribution in [0.1, 0.15) is 16.1 Å². The van der Waals surface area contributed by atoms with Crippen LogP contribution >= 0.6 is 0 Å². The van der Waals surface area contributed by atoms with Crippen molar-refractivity contribution < 1.29 is 31.3 Å². The second-order valence-electron chi connectivity index (χ2n) is 5.09. The topological polar surface area (TPSA) is 112 Å². The number of rotatable bonds is 6. The Morgan fingerprint density at radius 2 is 2.08 bits per heavy atom. The van der Waals surface area contributed by atoms with E-state index in [9.17, 15) is 17.6 Å². The molecule has 8 nitrogen and oxygen atoms in total. The van der Waals surface area contributed by atoms with Crippen molar-refractivity contribution in [2.24, 2.45) is 0 Å². The van der Waals surface area contributed by atoms with E-state index in [1.165, 1.54) is 19.4 Å². The summed E-state index contributed by atoms with van der Waals surface area (Å²) >= 11 is 0. The van der Waals surface area contributed by atoms with Gasteiger partial charge in [0.15, 0.2) is 5.76 Å². The van der Waals surface area contributed by atoms with Gasteiger partial charge in [-0.15, -0.1) is 0 Å². The lowest BCUT2D eigenvalue weighted by molar-refractivity contribution is 0.0458. The fourth-order valence-electron chi connectivity index (χ4n) is 2.08. The second-order valence-corrected chi connectivity index (χ2v) is 6.97. The smallest absolute Gasteiger partial charge is 0.341 e. The van der Waals surface area contributed by atoms with E-state index in [1.54, 1.807) is 12.1 Å². The normalized spacial score (nSPS) is 11.5. The van der Waals surface area contributed by atoms with Crippen LogP contribution in [0.25, 0.3) is 11.5 Å². The molecule has 0 bridgehead atoms. The Bertz CT molecular complexity index is 1030. The molecule has 2 aromatic heterocycles. The fourth-order valence-corrected chi connectivity index (χ4v) is 2.83. The van der Waals surface area contributed by atoms with Gasteiger partial charge in [-0.05, 0) is 37.4 Å². The summed E-state index contributed by atoms with van der Waals surface area (Å²) < 4.78 is 54.7. The number of esters is 1. The average Bonchev–Trinajstić information content (AvgIpc) is 3.31. The summed E-state index contributed by atoms with van der Waals surface area (Å²) in [5.41, 5.74) is -0.222. The third-order valence-corrected chi connectivity index (χ3v) is 4.82. The van der Waals surface area contributed by atoms with Gasteiger partial charge in [0.25, 0.3) is 0 Å². The summed E-state index contributed by atoms with van der Waals surface area (Å²) in [7, 11) is -2.62. The number of sulfonamides is 1. The van der Waals surface area contributed by atoms with Gasteiger partial charge in [0.1, 0.15) is 18.1 Å². The molecule has 3 rings (SSSR count). The number of benzene rings is 1. The van der Waals surface area contributed by atoms with Crippen LogP contribution in [0.2, 0.25) is 0 Å². The monoisotopic (exact) mass is 380 g/mol. The van der Waals surface area contributed by atoms with E-state index < -0.39 is 27.4 Å². The Morgan fingerprint density at radius 1 is 1.27 bits per heavy atom. The summed E-state index contributed by atoms with van der Waals surface area (Å²) in [6.45, 7) is -0.286. The van der Waals surface area contributed by atoms with Crippen molar-refractivity contribution in [2.75, 3.05) is 7.05 Å². The molecule has 0 amide bonds. The van der Waals surface area contributed by atoms with Crippen molar-refractivity contribution in [1.82, 2.24) is 9.88 Å². The molecule has 2 heterocycles. The van der Waals surface area contributed by atoms with Crippen molar-refractivity contribution in [3.8, 4) is 11.5 Å². The second kappa shape index (κ2) is 7.10. The molecule has 0 aliphatic heterocycles. The third kappa shape index (κ3) is 3.65. The molecule has 0 unspecified atom stereocenters. The van der Waals surface area contributed by atoms with E-state index in [0.717, 1.165) is 18.2 Å². The quantitative estimate of drug-likeness (QED) is 0.653. The maximum absolute atomic E-state index is 13.9. The van der Waals surface area contributed by atoms with Crippen LogP contribution in [-0.2, 0) is 21.4 Å². The van der Waals surface area contributed by atoms with E-state index in [1.807, 2.05) is 0 Å². The molecular weight excluding hydrogens is 367 g/mol. The lowest BCUT2D eigenvalue weighted by Crippen LogP contribution is -2.19. The fraction of sp³-hybridized carbons (Fsp3) is 0.125. The number of halogens is 1. The first kappa shape index (κ1) is 17.8. The minimum absolute atomic E-state index is 0.255. The predicted molar refractivity (Wildman–Crippen MR) is 86.0 cm³/mol. The molecule has 0 fully saturated rings.